The van der Waals surface area contributed by atoms with Crippen LogP contribution >= 0.6 is 0 Å². The molecule has 1 aromatic carbocycles. The number of hydrogen-bond donors (Lipinski definition) is 2. The summed E-state index contributed by atoms with van der Waals surface area (Å²) in [7, 11) is 0. The molecule has 39 heavy (non-hydrogen) atoms. The molecular formula is C24H23F6N7O2. The van der Waals surface area contributed by atoms with E-state index in [4.69, 9.17) is 4.74 Å². The van der Waals surface area contributed by atoms with Crippen LogP contribution in [0.25, 0.3) is 11.1 Å². The molecule has 1 saturated carbocycles. The Balaban J connectivity index is 1.48. The van der Waals surface area contributed by atoms with E-state index in [0.29, 0.717) is 12.5 Å². The number of hydrogen-bond acceptors (Lipinski definition) is 6. The topological polar surface area (TPSA) is 111 Å². The molecule has 0 radical (unpaired) electrons. The fourth-order valence-electron chi connectivity index (χ4n) is 4.52. The number of ether oxygens (including phenoxy) is 1. The number of nitrogens with zero attached hydrogens (tertiary/aromatic N) is 5. The van der Waals surface area contributed by atoms with Crippen molar-refractivity contribution in [3.05, 3.63) is 53.6 Å². The summed E-state index contributed by atoms with van der Waals surface area (Å²) in [6.45, 7) is 0.360. The van der Waals surface area contributed by atoms with E-state index in [2.05, 4.69) is 31.0 Å². The van der Waals surface area contributed by atoms with Gasteiger partial charge in [-0.25, -0.2) is 5.10 Å². The van der Waals surface area contributed by atoms with Crippen molar-refractivity contribution in [2.24, 2.45) is 5.92 Å². The van der Waals surface area contributed by atoms with E-state index in [1.165, 1.54) is 12.1 Å². The lowest BCUT2D eigenvalue weighted by molar-refractivity contribution is -0.201. The number of halogens is 6. The van der Waals surface area contributed by atoms with Crippen LogP contribution in [0.3, 0.4) is 0 Å². The monoisotopic (exact) mass is 555 g/mol. The molecule has 2 aromatic heterocycles. The van der Waals surface area contributed by atoms with Crippen molar-refractivity contribution in [2.75, 3.05) is 6.61 Å². The van der Waals surface area contributed by atoms with Crippen LogP contribution in [0.2, 0.25) is 0 Å². The summed E-state index contributed by atoms with van der Waals surface area (Å²) in [5, 5.41) is 19.7. The quantitative estimate of drug-likeness (QED) is 0.299. The molecule has 9 nitrogen and oxygen atoms in total. The van der Waals surface area contributed by atoms with Crippen LogP contribution < -0.4 is 10.1 Å². The highest BCUT2D eigenvalue weighted by atomic mass is 19.4. The van der Waals surface area contributed by atoms with Gasteiger partial charge in [0.15, 0.2) is 11.4 Å². The highest BCUT2D eigenvalue weighted by molar-refractivity contribution is 6.27. The lowest BCUT2D eigenvalue weighted by Crippen LogP contribution is -2.58. The predicted molar refractivity (Wildman–Crippen MR) is 124 cm³/mol. The molecule has 0 saturated heterocycles. The summed E-state index contributed by atoms with van der Waals surface area (Å²) in [5.41, 5.74) is -3.06. The molecule has 0 bridgehead atoms. The molecule has 1 atom stereocenters. The van der Waals surface area contributed by atoms with Gasteiger partial charge in [-0.3, -0.25) is 9.48 Å². The molecule has 1 fully saturated rings. The molecule has 3 aromatic rings. The van der Waals surface area contributed by atoms with Crippen molar-refractivity contribution < 1.29 is 35.9 Å². The van der Waals surface area contributed by atoms with Crippen LogP contribution in [0.4, 0.5) is 26.3 Å². The Hall–Kier alpha value is -3.91. The Morgan fingerprint density at radius 3 is 2.44 bits per heavy atom. The van der Waals surface area contributed by atoms with Gasteiger partial charge in [-0.1, -0.05) is 12.1 Å². The number of benzene rings is 1. The molecule has 15 heteroatoms. The van der Waals surface area contributed by atoms with Gasteiger partial charge >= 0.3 is 12.4 Å². The summed E-state index contributed by atoms with van der Waals surface area (Å²) in [6.07, 6.45) is -7.55. The van der Waals surface area contributed by atoms with Crippen LogP contribution in [-0.2, 0) is 16.9 Å². The zero-order chi connectivity index (χ0) is 27.8. The van der Waals surface area contributed by atoms with Crippen LogP contribution in [-0.4, -0.2) is 55.3 Å². The number of tetrazole rings is 1. The van der Waals surface area contributed by atoms with E-state index < -0.39 is 36.6 Å². The highest BCUT2D eigenvalue weighted by Gasteiger charge is 2.60. The van der Waals surface area contributed by atoms with Gasteiger partial charge in [0, 0.05) is 25.6 Å². The van der Waals surface area contributed by atoms with Crippen LogP contribution in [0.5, 0.6) is 5.75 Å². The van der Waals surface area contributed by atoms with Crippen molar-refractivity contribution in [2.45, 2.75) is 56.5 Å². The zero-order valence-corrected chi connectivity index (χ0v) is 20.3. The van der Waals surface area contributed by atoms with Crippen LogP contribution in [0.15, 0.2) is 36.5 Å². The minimum Gasteiger partial charge on any atom is -0.494 e. The average molecular weight is 555 g/mol. The fourth-order valence-corrected chi connectivity index (χ4v) is 4.52. The maximum absolute atomic E-state index is 14.8. The van der Waals surface area contributed by atoms with Gasteiger partial charge in [-0.15, -0.1) is 5.10 Å². The number of alkyl halides is 6. The molecule has 3 heterocycles. The smallest absolute Gasteiger partial charge is 0.416 e. The van der Waals surface area contributed by atoms with Gasteiger partial charge in [0.25, 0.3) is 5.91 Å². The van der Waals surface area contributed by atoms with Gasteiger partial charge in [-0.05, 0) is 64.9 Å². The van der Waals surface area contributed by atoms with E-state index in [9.17, 15) is 31.1 Å². The number of rotatable bonds is 9. The number of aromatic nitrogens is 6. The highest BCUT2D eigenvalue weighted by Crippen LogP contribution is 2.49. The maximum atomic E-state index is 14.8. The molecule has 1 aliphatic carbocycles. The molecule has 2 N–H and O–H groups in total. The first kappa shape index (κ1) is 26.7. The molecule has 0 spiro atoms. The summed E-state index contributed by atoms with van der Waals surface area (Å²) in [4.78, 5) is 13.3. The Kier molecular flexibility index (Phi) is 6.84. The van der Waals surface area contributed by atoms with E-state index in [-0.39, 0.29) is 47.0 Å². The zero-order valence-electron chi connectivity index (χ0n) is 20.3. The fraction of sp³-hybridized carbons (Fsp3) is 0.458. The molecular weight excluding hydrogens is 532 g/mol. The maximum Gasteiger partial charge on any atom is 0.416 e. The lowest BCUT2D eigenvalue weighted by atomic mass is 9.77. The van der Waals surface area contributed by atoms with Crippen LogP contribution in [0, 0.1) is 5.92 Å². The Bertz CT molecular complexity index is 1340. The first-order valence-electron chi connectivity index (χ1n) is 12.2. The Morgan fingerprint density at radius 1 is 1.08 bits per heavy atom. The predicted octanol–water partition coefficient (Wildman–Crippen LogP) is 4.42. The minimum atomic E-state index is -4.94. The average Bonchev–Trinajstić information content (AvgIpc) is 3.30. The lowest BCUT2D eigenvalue weighted by Gasteiger charge is -2.41. The number of carbonyl (C=O) groups is 1. The van der Waals surface area contributed by atoms with E-state index in [1.807, 2.05) is 0 Å². The SMILES string of the molecule is O=C1N[C@@](c2ccc(OCCCC(F)(F)F)cc2)(C(F)(F)F)CC(c2ccn(CC3CC3)n2)=C1c1nnn[nH]1. The molecule has 2 aliphatic rings. The minimum absolute atomic E-state index is 0.0108. The number of nitrogens with one attached hydrogen (secondary N) is 2. The molecule has 1 amide bonds. The largest absolute Gasteiger partial charge is 0.494 e. The number of aromatic amines is 1. The first-order chi connectivity index (χ1) is 18.5. The normalized spacial score (nSPS) is 20.3. The third-order valence-corrected chi connectivity index (χ3v) is 6.68. The standard InChI is InChI=1S/C24H23F6N7O2/c25-23(26,27)9-1-11-39-16-6-4-15(5-7-16)22(24(28,29)30)12-17(18-8-10-37(34-18)13-14-2-3-14)19(21(38)31-22)20-32-35-36-33-20/h4-8,10,14H,1-3,9,11-13H2,(H,31,38)(H,32,33,35,36)/t22-/m0/s1. The molecule has 5 rings (SSSR count). The Labute approximate surface area is 217 Å². The summed E-state index contributed by atoms with van der Waals surface area (Å²) < 4.78 is 88.4. The second-order valence-corrected chi connectivity index (χ2v) is 9.60. The van der Waals surface area contributed by atoms with Crippen molar-refractivity contribution in [3.63, 3.8) is 0 Å². The van der Waals surface area contributed by atoms with Crippen LogP contribution in [0.1, 0.15) is 49.2 Å². The van der Waals surface area contributed by atoms with Crippen molar-refractivity contribution in [1.29, 1.82) is 0 Å². The number of H-pyrrole nitrogens is 1. The van der Waals surface area contributed by atoms with Gasteiger partial charge < -0.3 is 10.1 Å². The first-order valence-corrected chi connectivity index (χ1v) is 12.2. The van der Waals surface area contributed by atoms with Gasteiger partial charge in [0.05, 0.1) is 17.9 Å². The second-order valence-electron chi connectivity index (χ2n) is 9.60. The molecule has 0 unspecified atom stereocenters. The van der Waals surface area contributed by atoms with E-state index in [0.717, 1.165) is 25.0 Å². The molecule has 1 aliphatic heterocycles. The van der Waals surface area contributed by atoms with Gasteiger partial charge in [0.1, 0.15) is 5.75 Å². The second kappa shape index (κ2) is 10.0. The van der Waals surface area contributed by atoms with Gasteiger partial charge in [0.2, 0.25) is 0 Å². The molecule has 208 valence electrons. The number of amides is 1. The summed E-state index contributed by atoms with van der Waals surface area (Å²) >= 11 is 0. The summed E-state index contributed by atoms with van der Waals surface area (Å²) in [6, 6.07) is 6.28. The van der Waals surface area contributed by atoms with Crippen molar-refractivity contribution in [1.82, 2.24) is 35.7 Å². The van der Waals surface area contributed by atoms with E-state index in [1.54, 1.807) is 16.9 Å². The van der Waals surface area contributed by atoms with Gasteiger partial charge in [-0.2, -0.15) is 31.4 Å². The Morgan fingerprint density at radius 2 is 1.82 bits per heavy atom. The third kappa shape index (κ3) is 5.76. The van der Waals surface area contributed by atoms with E-state index >= 15 is 0 Å². The summed E-state index contributed by atoms with van der Waals surface area (Å²) in [5.74, 6) is -0.583. The number of carbonyl (C=O) groups excluding carboxylic acids is 1. The van der Waals surface area contributed by atoms with Crippen molar-refractivity contribution >= 4 is 17.1 Å². The van der Waals surface area contributed by atoms with Crippen molar-refractivity contribution in [3.8, 4) is 5.75 Å². The third-order valence-electron chi connectivity index (χ3n) is 6.68.